The molecule has 0 saturated heterocycles. The van der Waals surface area contributed by atoms with Gasteiger partial charge >= 0.3 is 0 Å². The molecule has 2 heterocycles. The molecule has 1 aromatic heterocycles. The summed E-state index contributed by atoms with van der Waals surface area (Å²) >= 11 is 1.70. The number of fused-ring (bicyclic) bond motifs is 1. The first-order chi connectivity index (χ1) is 7.45. The summed E-state index contributed by atoms with van der Waals surface area (Å²) in [5.74, 6) is 0. The van der Waals surface area contributed by atoms with Crippen molar-refractivity contribution in [2.24, 2.45) is 0 Å². The Balaban J connectivity index is 2.15. The van der Waals surface area contributed by atoms with Crippen molar-refractivity contribution >= 4 is 11.3 Å². The standard InChI is InChI=1S/C12H11NOS/c1-2-9-7-14-5-4-10(9)11(3-1)12-6-13-8-15-12/h1-3,6,8H,4-5,7H2. The van der Waals surface area contributed by atoms with E-state index in [1.54, 1.807) is 11.3 Å². The second-order valence-electron chi connectivity index (χ2n) is 3.61. The molecule has 76 valence electrons. The first-order valence-corrected chi connectivity index (χ1v) is 5.90. The topological polar surface area (TPSA) is 22.1 Å². The number of rotatable bonds is 1. The number of thiazole rings is 1. The fraction of sp³-hybridized carbons (Fsp3) is 0.250. The summed E-state index contributed by atoms with van der Waals surface area (Å²) in [4.78, 5) is 5.39. The molecule has 15 heavy (non-hydrogen) atoms. The van der Waals surface area contributed by atoms with Crippen molar-refractivity contribution in [2.75, 3.05) is 6.61 Å². The van der Waals surface area contributed by atoms with Crippen LogP contribution in [0.3, 0.4) is 0 Å². The van der Waals surface area contributed by atoms with Gasteiger partial charge in [-0.2, -0.15) is 0 Å². The van der Waals surface area contributed by atoms with Gasteiger partial charge in [0.25, 0.3) is 0 Å². The lowest BCUT2D eigenvalue weighted by atomic mass is 9.97. The van der Waals surface area contributed by atoms with Crippen molar-refractivity contribution in [1.29, 1.82) is 0 Å². The lowest BCUT2D eigenvalue weighted by Crippen LogP contribution is -2.10. The van der Waals surface area contributed by atoms with Gasteiger partial charge in [0, 0.05) is 6.20 Å². The summed E-state index contributed by atoms with van der Waals surface area (Å²) in [5.41, 5.74) is 5.98. The number of benzene rings is 1. The molecule has 0 radical (unpaired) electrons. The summed E-state index contributed by atoms with van der Waals surface area (Å²) in [5, 5.41) is 0. The van der Waals surface area contributed by atoms with Crippen LogP contribution in [-0.2, 0) is 17.8 Å². The molecule has 2 nitrogen and oxygen atoms in total. The first-order valence-electron chi connectivity index (χ1n) is 5.02. The van der Waals surface area contributed by atoms with Crippen molar-refractivity contribution in [2.45, 2.75) is 13.0 Å². The van der Waals surface area contributed by atoms with Crippen LogP contribution >= 0.6 is 11.3 Å². The third-order valence-corrected chi connectivity index (χ3v) is 3.53. The molecular weight excluding hydrogens is 206 g/mol. The van der Waals surface area contributed by atoms with Crippen molar-refractivity contribution in [3.8, 4) is 10.4 Å². The highest BCUT2D eigenvalue weighted by molar-refractivity contribution is 7.13. The van der Waals surface area contributed by atoms with Crippen molar-refractivity contribution in [1.82, 2.24) is 4.98 Å². The van der Waals surface area contributed by atoms with E-state index in [1.807, 2.05) is 11.7 Å². The zero-order valence-corrected chi connectivity index (χ0v) is 9.09. The summed E-state index contributed by atoms with van der Waals surface area (Å²) in [7, 11) is 0. The Labute approximate surface area is 92.6 Å². The minimum Gasteiger partial charge on any atom is -0.376 e. The van der Waals surface area contributed by atoms with Crippen LogP contribution in [0.1, 0.15) is 11.1 Å². The van der Waals surface area contributed by atoms with Crippen molar-refractivity contribution in [3.63, 3.8) is 0 Å². The summed E-state index contributed by atoms with van der Waals surface area (Å²) < 4.78 is 5.46. The van der Waals surface area contributed by atoms with Gasteiger partial charge in [0.05, 0.1) is 23.6 Å². The Kier molecular flexibility index (Phi) is 2.27. The third kappa shape index (κ3) is 1.58. The number of ether oxygens (including phenoxy) is 1. The number of hydrogen-bond acceptors (Lipinski definition) is 3. The lowest BCUT2D eigenvalue weighted by molar-refractivity contribution is 0.111. The minimum absolute atomic E-state index is 0.752. The van der Waals surface area contributed by atoms with E-state index in [4.69, 9.17) is 4.74 Å². The molecule has 2 aromatic rings. The zero-order chi connectivity index (χ0) is 10.1. The van der Waals surface area contributed by atoms with Crippen LogP contribution in [0.5, 0.6) is 0 Å². The van der Waals surface area contributed by atoms with E-state index in [0.29, 0.717) is 0 Å². The molecule has 0 spiro atoms. The Morgan fingerprint density at radius 3 is 3.20 bits per heavy atom. The number of aromatic nitrogens is 1. The highest BCUT2D eigenvalue weighted by atomic mass is 32.1. The van der Waals surface area contributed by atoms with E-state index in [1.165, 1.54) is 21.6 Å². The highest BCUT2D eigenvalue weighted by Crippen LogP contribution is 2.31. The van der Waals surface area contributed by atoms with E-state index in [9.17, 15) is 0 Å². The molecule has 1 aliphatic rings. The Bertz CT molecular complexity index is 464. The van der Waals surface area contributed by atoms with Crippen LogP contribution in [-0.4, -0.2) is 11.6 Å². The fourth-order valence-corrected chi connectivity index (χ4v) is 2.68. The van der Waals surface area contributed by atoms with Crippen LogP contribution < -0.4 is 0 Å². The van der Waals surface area contributed by atoms with Crippen molar-refractivity contribution < 1.29 is 4.74 Å². The molecule has 0 N–H and O–H groups in total. The molecular formula is C12H11NOS. The van der Waals surface area contributed by atoms with E-state index in [-0.39, 0.29) is 0 Å². The average molecular weight is 217 g/mol. The van der Waals surface area contributed by atoms with Gasteiger partial charge in [-0.05, 0) is 23.1 Å². The Morgan fingerprint density at radius 2 is 2.33 bits per heavy atom. The second-order valence-corrected chi connectivity index (χ2v) is 4.50. The number of nitrogens with zero attached hydrogens (tertiary/aromatic N) is 1. The number of hydrogen-bond donors (Lipinski definition) is 0. The van der Waals surface area contributed by atoms with E-state index in [0.717, 1.165) is 19.6 Å². The van der Waals surface area contributed by atoms with E-state index >= 15 is 0 Å². The largest absolute Gasteiger partial charge is 0.376 e. The molecule has 3 heteroatoms. The van der Waals surface area contributed by atoms with Crippen LogP contribution in [0.15, 0.2) is 29.9 Å². The Hall–Kier alpha value is -1.19. The predicted molar refractivity (Wildman–Crippen MR) is 60.9 cm³/mol. The molecule has 0 atom stereocenters. The molecule has 0 bridgehead atoms. The monoisotopic (exact) mass is 217 g/mol. The lowest BCUT2D eigenvalue weighted by Gasteiger charge is -2.18. The summed E-state index contributed by atoms with van der Waals surface area (Å²) in [6.45, 7) is 1.59. The van der Waals surface area contributed by atoms with Crippen LogP contribution in [0.2, 0.25) is 0 Å². The van der Waals surface area contributed by atoms with Crippen LogP contribution in [0.4, 0.5) is 0 Å². The molecule has 1 aliphatic heterocycles. The van der Waals surface area contributed by atoms with Gasteiger partial charge in [-0.15, -0.1) is 11.3 Å². The van der Waals surface area contributed by atoms with Gasteiger partial charge in [-0.25, -0.2) is 0 Å². The molecule has 0 aliphatic carbocycles. The zero-order valence-electron chi connectivity index (χ0n) is 8.27. The van der Waals surface area contributed by atoms with Gasteiger partial charge in [0.1, 0.15) is 0 Å². The minimum atomic E-state index is 0.752. The van der Waals surface area contributed by atoms with Crippen LogP contribution in [0, 0.1) is 0 Å². The first kappa shape index (κ1) is 9.07. The van der Waals surface area contributed by atoms with Crippen molar-refractivity contribution in [3.05, 3.63) is 41.0 Å². The average Bonchev–Trinajstić information content (AvgIpc) is 2.82. The molecule has 3 rings (SSSR count). The summed E-state index contributed by atoms with van der Waals surface area (Å²) in [6.07, 6.45) is 2.96. The van der Waals surface area contributed by atoms with Gasteiger partial charge in [-0.1, -0.05) is 18.2 Å². The molecule has 0 unspecified atom stereocenters. The quantitative estimate of drug-likeness (QED) is 0.732. The predicted octanol–water partition coefficient (Wildman–Crippen LogP) is 2.88. The molecule has 0 fully saturated rings. The second kappa shape index (κ2) is 3.76. The van der Waals surface area contributed by atoms with E-state index in [2.05, 4.69) is 23.2 Å². The van der Waals surface area contributed by atoms with Gasteiger partial charge in [0.2, 0.25) is 0 Å². The smallest absolute Gasteiger partial charge is 0.0797 e. The van der Waals surface area contributed by atoms with E-state index < -0.39 is 0 Å². The molecule has 0 saturated carbocycles. The molecule has 1 aromatic carbocycles. The van der Waals surface area contributed by atoms with Gasteiger partial charge < -0.3 is 4.74 Å². The fourth-order valence-electron chi connectivity index (χ4n) is 2.00. The SMILES string of the molecule is c1cc2c(c(-c3cncs3)c1)CCOC2. The maximum Gasteiger partial charge on any atom is 0.0797 e. The Morgan fingerprint density at radius 1 is 1.33 bits per heavy atom. The molecule has 0 amide bonds. The van der Waals surface area contributed by atoms with Gasteiger partial charge in [0.15, 0.2) is 0 Å². The summed E-state index contributed by atoms with van der Waals surface area (Å²) in [6, 6.07) is 6.43. The normalized spacial score (nSPS) is 14.9. The van der Waals surface area contributed by atoms with Crippen LogP contribution in [0.25, 0.3) is 10.4 Å². The van der Waals surface area contributed by atoms with Gasteiger partial charge in [-0.3, -0.25) is 4.98 Å². The third-order valence-electron chi connectivity index (χ3n) is 2.72. The highest BCUT2D eigenvalue weighted by Gasteiger charge is 2.14. The maximum atomic E-state index is 5.46. The maximum absolute atomic E-state index is 5.46.